The van der Waals surface area contributed by atoms with Gasteiger partial charge in [-0.25, -0.2) is 9.97 Å². The minimum Gasteiger partial charge on any atom is -0.434 e. The van der Waals surface area contributed by atoms with Gasteiger partial charge in [-0.05, 0) is 44.0 Å². The number of hydrogen-bond donors (Lipinski definition) is 4. The van der Waals surface area contributed by atoms with E-state index >= 15 is 0 Å². The van der Waals surface area contributed by atoms with Gasteiger partial charge in [-0.15, -0.1) is 0 Å². The Morgan fingerprint density at radius 1 is 1.07 bits per heavy atom. The Morgan fingerprint density at radius 2 is 1.80 bits per heavy atom. The van der Waals surface area contributed by atoms with E-state index in [-0.39, 0.29) is 24.1 Å². The predicted molar refractivity (Wildman–Crippen MR) is 155 cm³/mol. The second kappa shape index (κ2) is 14.9. The highest BCUT2D eigenvalue weighted by Gasteiger charge is 2.16. The van der Waals surface area contributed by atoms with Gasteiger partial charge in [0.1, 0.15) is 5.75 Å². The van der Waals surface area contributed by atoms with Gasteiger partial charge in [0, 0.05) is 62.4 Å². The van der Waals surface area contributed by atoms with E-state index in [1.807, 2.05) is 18.7 Å². The number of rotatable bonds is 14. The second-order valence-corrected chi connectivity index (χ2v) is 9.52. The highest BCUT2D eigenvalue weighted by molar-refractivity contribution is 6.00. The van der Waals surface area contributed by atoms with Crippen molar-refractivity contribution in [3.8, 4) is 16.9 Å². The maximum atomic E-state index is 12.9. The number of carbonyl (C=O) groups excluding carboxylic acids is 2. The smallest absolute Gasteiger partial charge is 0.387 e. The minimum atomic E-state index is -2.95. The molecule has 0 saturated carbocycles. The molecule has 1 heterocycles. The number of nitrogens with two attached hydrogens (primary N) is 1. The lowest BCUT2D eigenvalue weighted by Crippen LogP contribution is -2.42. The number of carbonyl (C=O) groups is 2. The fourth-order valence-electron chi connectivity index (χ4n) is 4.14. The van der Waals surface area contributed by atoms with Crippen LogP contribution < -0.4 is 31.3 Å². The lowest BCUT2D eigenvalue weighted by Gasteiger charge is -2.22. The Balaban J connectivity index is 1.83. The van der Waals surface area contributed by atoms with Gasteiger partial charge in [0.2, 0.25) is 11.9 Å². The molecule has 0 aliphatic heterocycles. The topological polar surface area (TPSA) is 134 Å². The molecule has 5 N–H and O–H groups in total. The normalized spacial score (nSPS) is 11.6. The maximum Gasteiger partial charge on any atom is 0.387 e. The SMILES string of the molecule is CCCN(CCNC(=O)C(C)N)c1ncc(-c2ccc(C(=O)NC)c(NCc3cc(C)ccc3OC(F)F)c2)cn1. The lowest BCUT2D eigenvalue weighted by atomic mass is 10.0. The summed E-state index contributed by atoms with van der Waals surface area (Å²) in [6.07, 6.45) is 4.26. The largest absolute Gasteiger partial charge is 0.434 e. The third-order valence-corrected chi connectivity index (χ3v) is 6.24. The van der Waals surface area contributed by atoms with Crippen LogP contribution in [0.1, 0.15) is 41.8 Å². The van der Waals surface area contributed by atoms with Gasteiger partial charge in [-0.3, -0.25) is 9.59 Å². The summed E-state index contributed by atoms with van der Waals surface area (Å²) in [5, 5.41) is 8.62. The lowest BCUT2D eigenvalue weighted by molar-refractivity contribution is -0.121. The van der Waals surface area contributed by atoms with Crippen molar-refractivity contribution in [3.05, 3.63) is 65.5 Å². The van der Waals surface area contributed by atoms with Gasteiger partial charge in [0.25, 0.3) is 5.91 Å². The molecule has 0 aliphatic carbocycles. The molecule has 3 aromatic rings. The molecular formula is C29H37F2N7O3. The molecule has 2 aromatic carbocycles. The third kappa shape index (κ3) is 8.84. The van der Waals surface area contributed by atoms with Crippen LogP contribution in [0.25, 0.3) is 11.1 Å². The molecule has 0 radical (unpaired) electrons. The first-order valence-corrected chi connectivity index (χ1v) is 13.4. The van der Waals surface area contributed by atoms with E-state index in [0.29, 0.717) is 42.4 Å². The summed E-state index contributed by atoms with van der Waals surface area (Å²) >= 11 is 0. The van der Waals surface area contributed by atoms with Crippen LogP contribution in [-0.2, 0) is 11.3 Å². The highest BCUT2D eigenvalue weighted by atomic mass is 19.3. The first-order chi connectivity index (χ1) is 19.6. The summed E-state index contributed by atoms with van der Waals surface area (Å²) in [5.74, 6) is 0.0678. The Kier molecular flexibility index (Phi) is 11.3. The molecule has 1 aromatic heterocycles. The first-order valence-electron chi connectivity index (χ1n) is 13.4. The number of halogens is 2. The number of nitrogens with one attached hydrogen (secondary N) is 3. The summed E-state index contributed by atoms with van der Waals surface area (Å²) in [7, 11) is 1.53. The van der Waals surface area contributed by atoms with Crippen LogP contribution in [-0.4, -0.2) is 61.1 Å². The van der Waals surface area contributed by atoms with E-state index < -0.39 is 12.7 Å². The molecule has 0 spiro atoms. The molecular weight excluding hydrogens is 532 g/mol. The maximum absolute atomic E-state index is 12.9. The van der Waals surface area contributed by atoms with Crippen molar-refractivity contribution >= 4 is 23.5 Å². The molecule has 12 heteroatoms. The monoisotopic (exact) mass is 569 g/mol. The third-order valence-electron chi connectivity index (χ3n) is 6.24. The zero-order chi connectivity index (χ0) is 29.9. The number of benzene rings is 2. The molecule has 10 nitrogen and oxygen atoms in total. The van der Waals surface area contributed by atoms with E-state index in [0.717, 1.165) is 23.1 Å². The van der Waals surface area contributed by atoms with Gasteiger partial charge in [-0.2, -0.15) is 8.78 Å². The van der Waals surface area contributed by atoms with Crippen LogP contribution in [0.2, 0.25) is 0 Å². The fourth-order valence-corrected chi connectivity index (χ4v) is 4.14. The summed E-state index contributed by atoms with van der Waals surface area (Å²) in [5.41, 5.74) is 9.39. The molecule has 1 unspecified atom stereocenters. The number of amides is 2. The second-order valence-electron chi connectivity index (χ2n) is 9.52. The van der Waals surface area contributed by atoms with E-state index in [1.165, 1.54) is 13.1 Å². The summed E-state index contributed by atoms with van der Waals surface area (Å²) in [4.78, 5) is 35.4. The van der Waals surface area contributed by atoms with Gasteiger partial charge >= 0.3 is 6.61 Å². The van der Waals surface area contributed by atoms with Gasteiger partial charge < -0.3 is 31.3 Å². The number of anilines is 2. The fraction of sp³-hybridized carbons (Fsp3) is 0.379. The van der Waals surface area contributed by atoms with E-state index in [1.54, 1.807) is 49.6 Å². The molecule has 1 atom stereocenters. The number of ether oxygens (including phenoxy) is 1. The number of hydrogen-bond acceptors (Lipinski definition) is 8. The Morgan fingerprint density at radius 3 is 2.44 bits per heavy atom. The molecule has 3 rings (SSSR count). The zero-order valence-electron chi connectivity index (χ0n) is 23.7. The average Bonchev–Trinajstić information content (AvgIpc) is 2.96. The van der Waals surface area contributed by atoms with Crippen molar-refractivity contribution in [3.63, 3.8) is 0 Å². The van der Waals surface area contributed by atoms with Crippen molar-refractivity contribution in [2.45, 2.75) is 46.4 Å². The Labute approximate surface area is 238 Å². The van der Waals surface area contributed by atoms with Crippen LogP contribution in [0.15, 0.2) is 48.8 Å². The number of aryl methyl sites for hydroxylation is 1. The summed E-state index contributed by atoms with van der Waals surface area (Å²) < 4.78 is 30.5. The van der Waals surface area contributed by atoms with E-state index in [4.69, 9.17) is 5.73 Å². The van der Waals surface area contributed by atoms with Crippen LogP contribution in [0.3, 0.4) is 0 Å². The van der Waals surface area contributed by atoms with Crippen LogP contribution >= 0.6 is 0 Å². The van der Waals surface area contributed by atoms with Crippen molar-refractivity contribution in [1.29, 1.82) is 0 Å². The molecule has 0 fully saturated rings. The van der Waals surface area contributed by atoms with E-state index in [2.05, 4.69) is 30.7 Å². The summed E-state index contributed by atoms with van der Waals surface area (Å²) in [6, 6.07) is 9.64. The summed E-state index contributed by atoms with van der Waals surface area (Å²) in [6.45, 7) is 4.37. The minimum absolute atomic E-state index is 0.0634. The number of nitrogens with zero attached hydrogens (tertiary/aromatic N) is 3. The van der Waals surface area contributed by atoms with E-state index in [9.17, 15) is 18.4 Å². The molecule has 0 aliphatic rings. The molecule has 41 heavy (non-hydrogen) atoms. The van der Waals surface area contributed by atoms with Crippen LogP contribution in [0, 0.1) is 6.92 Å². The average molecular weight is 570 g/mol. The quantitative estimate of drug-likeness (QED) is 0.231. The van der Waals surface area contributed by atoms with Crippen LogP contribution in [0.5, 0.6) is 5.75 Å². The van der Waals surface area contributed by atoms with Crippen LogP contribution in [0.4, 0.5) is 20.4 Å². The predicted octanol–water partition coefficient (Wildman–Crippen LogP) is 3.70. The molecule has 0 bridgehead atoms. The zero-order valence-corrected chi connectivity index (χ0v) is 23.7. The Bertz CT molecular complexity index is 1320. The molecule has 220 valence electrons. The van der Waals surface area contributed by atoms with Crippen molar-refractivity contribution < 1.29 is 23.1 Å². The molecule has 0 saturated heterocycles. The van der Waals surface area contributed by atoms with Crippen molar-refractivity contribution in [2.75, 3.05) is 36.9 Å². The molecule has 2 amide bonds. The number of alkyl halides is 2. The van der Waals surface area contributed by atoms with Gasteiger partial charge in [0.15, 0.2) is 0 Å². The van der Waals surface area contributed by atoms with Gasteiger partial charge in [0.05, 0.1) is 11.6 Å². The van der Waals surface area contributed by atoms with Gasteiger partial charge in [-0.1, -0.05) is 30.7 Å². The van der Waals surface area contributed by atoms with Crippen molar-refractivity contribution in [2.24, 2.45) is 5.73 Å². The first kappa shape index (κ1) is 31.2. The van der Waals surface area contributed by atoms with Crippen molar-refractivity contribution in [1.82, 2.24) is 20.6 Å². The number of aromatic nitrogens is 2. The Hall–Kier alpha value is -4.32. The standard InChI is InChI=1S/C29H37F2N7O3/c1-5-11-38(12-10-34-26(39)19(3)32)29-36-16-22(17-37-29)20-7-8-23(27(40)33-4)24(14-20)35-15-21-13-18(2)6-9-25(21)41-28(30)31/h6-9,13-14,16-17,19,28,35H,5,10-12,15,32H2,1-4H3,(H,33,40)(H,34,39). The highest BCUT2D eigenvalue weighted by Crippen LogP contribution is 2.28.